The lowest BCUT2D eigenvalue weighted by Gasteiger charge is -2.32. The largest absolute Gasteiger partial charge is 0.347 e. The van der Waals surface area contributed by atoms with Crippen molar-refractivity contribution in [2.24, 2.45) is 5.41 Å². The quantitative estimate of drug-likeness (QED) is 0.754. The molecule has 1 N–H and O–H groups in total. The Hall–Kier alpha value is -2.45. The van der Waals surface area contributed by atoms with Crippen LogP contribution < -0.4 is 5.32 Å². The fourth-order valence-electron chi connectivity index (χ4n) is 3.88. The van der Waals surface area contributed by atoms with Crippen molar-refractivity contribution in [2.75, 3.05) is 27.7 Å². The Balaban J connectivity index is 2.10. The fourth-order valence-corrected chi connectivity index (χ4v) is 4.06. The molecular formula is C23H31ClFN5O2. The third kappa shape index (κ3) is 4.96. The van der Waals surface area contributed by atoms with Crippen LogP contribution in [0.2, 0.25) is 5.02 Å². The van der Waals surface area contributed by atoms with Crippen LogP contribution in [0.15, 0.2) is 18.2 Å². The molecule has 1 aromatic heterocycles. The minimum absolute atomic E-state index is 0.200. The number of halogens is 2. The molecule has 0 radical (unpaired) electrons. The van der Waals surface area contributed by atoms with Crippen LogP contribution in [0, 0.1) is 11.2 Å². The first-order valence-electron chi connectivity index (χ1n) is 10.7. The van der Waals surface area contributed by atoms with E-state index in [0.717, 1.165) is 13.0 Å². The molecule has 0 saturated carbocycles. The number of hydrogen-bond donors (Lipinski definition) is 1. The molecule has 1 aliphatic heterocycles. The normalized spacial score (nSPS) is 15.6. The van der Waals surface area contributed by atoms with Crippen LogP contribution in [-0.4, -0.2) is 64.9 Å². The molecule has 0 spiro atoms. The average molecular weight is 464 g/mol. The first-order chi connectivity index (χ1) is 14.9. The summed E-state index contributed by atoms with van der Waals surface area (Å²) < 4.78 is 16.6. The van der Waals surface area contributed by atoms with Crippen LogP contribution in [0.4, 0.5) is 4.39 Å². The van der Waals surface area contributed by atoms with E-state index in [4.69, 9.17) is 11.6 Å². The Kier molecular flexibility index (Phi) is 6.95. The molecule has 2 heterocycles. The zero-order valence-corrected chi connectivity index (χ0v) is 20.3. The molecule has 0 bridgehead atoms. The third-order valence-corrected chi connectivity index (χ3v) is 5.86. The van der Waals surface area contributed by atoms with E-state index in [-0.39, 0.29) is 17.2 Å². The first kappa shape index (κ1) is 24.2. The van der Waals surface area contributed by atoms with Crippen molar-refractivity contribution in [3.05, 3.63) is 40.4 Å². The van der Waals surface area contributed by atoms with E-state index >= 15 is 0 Å². The Morgan fingerprint density at radius 3 is 2.56 bits per heavy atom. The second-order valence-corrected chi connectivity index (χ2v) is 10.0. The number of nitrogens with one attached hydrogen (secondary N) is 1. The molecule has 1 aromatic carbocycles. The standard InChI is InChI=1S/C23H31ClFN5O2/c1-23(2,3)19(22(32)28(4)5)27-21(31)18-17-13-29(6)10-7-11-30(17)20(26-18)15-12-14(24)8-9-16(15)25/h8-9,12,19H,7,10-11,13H2,1-6H3,(H,27,31). The lowest BCUT2D eigenvalue weighted by atomic mass is 9.85. The van der Waals surface area contributed by atoms with E-state index in [1.807, 2.05) is 32.4 Å². The highest BCUT2D eigenvalue weighted by molar-refractivity contribution is 6.30. The summed E-state index contributed by atoms with van der Waals surface area (Å²) in [6, 6.07) is 3.57. The number of hydrogen-bond acceptors (Lipinski definition) is 4. The van der Waals surface area contributed by atoms with E-state index in [0.29, 0.717) is 29.6 Å². The van der Waals surface area contributed by atoms with Crippen LogP contribution in [0.3, 0.4) is 0 Å². The van der Waals surface area contributed by atoms with Gasteiger partial charge >= 0.3 is 0 Å². The van der Waals surface area contributed by atoms with Crippen molar-refractivity contribution in [3.63, 3.8) is 0 Å². The maximum absolute atomic E-state index is 14.7. The molecule has 2 aromatic rings. The smallest absolute Gasteiger partial charge is 0.272 e. The van der Waals surface area contributed by atoms with Crippen LogP contribution >= 0.6 is 11.6 Å². The summed E-state index contributed by atoms with van der Waals surface area (Å²) in [7, 11) is 5.28. The molecule has 0 saturated heterocycles. The number of carbonyl (C=O) groups excluding carboxylic acids is 2. The fraction of sp³-hybridized carbons (Fsp3) is 0.522. The zero-order valence-electron chi connectivity index (χ0n) is 19.5. The van der Waals surface area contributed by atoms with Gasteiger partial charge in [0.15, 0.2) is 5.69 Å². The van der Waals surface area contributed by atoms with Crippen molar-refractivity contribution in [1.82, 2.24) is 24.7 Å². The van der Waals surface area contributed by atoms with E-state index < -0.39 is 23.2 Å². The molecule has 7 nitrogen and oxygen atoms in total. The summed E-state index contributed by atoms with van der Waals surface area (Å²) in [5.41, 5.74) is 0.640. The minimum Gasteiger partial charge on any atom is -0.347 e. The van der Waals surface area contributed by atoms with Gasteiger partial charge in [0, 0.05) is 32.2 Å². The highest BCUT2D eigenvalue weighted by Gasteiger charge is 2.36. The molecule has 0 fully saturated rings. The summed E-state index contributed by atoms with van der Waals surface area (Å²) >= 11 is 6.12. The van der Waals surface area contributed by atoms with E-state index in [2.05, 4.69) is 15.2 Å². The van der Waals surface area contributed by atoms with Gasteiger partial charge in [-0.25, -0.2) is 9.37 Å². The van der Waals surface area contributed by atoms with Gasteiger partial charge in [-0.1, -0.05) is 32.4 Å². The van der Waals surface area contributed by atoms with Gasteiger partial charge in [0.25, 0.3) is 5.91 Å². The Morgan fingerprint density at radius 2 is 1.94 bits per heavy atom. The molecule has 174 valence electrons. The number of rotatable bonds is 4. The molecule has 1 unspecified atom stereocenters. The first-order valence-corrected chi connectivity index (χ1v) is 11.0. The SMILES string of the molecule is CN1CCCn2c(-c3cc(Cl)ccc3F)nc(C(=O)NC(C(=O)N(C)C)C(C)(C)C)c2C1. The maximum Gasteiger partial charge on any atom is 0.272 e. The van der Waals surface area contributed by atoms with Gasteiger partial charge in [0.1, 0.15) is 17.7 Å². The summed E-state index contributed by atoms with van der Waals surface area (Å²) in [4.78, 5) is 34.3. The van der Waals surface area contributed by atoms with E-state index in [1.54, 1.807) is 14.1 Å². The maximum atomic E-state index is 14.7. The molecule has 1 aliphatic rings. The second-order valence-electron chi connectivity index (χ2n) is 9.60. The van der Waals surface area contributed by atoms with Gasteiger partial charge in [-0.2, -0.15) is 0 Å². The molecule has 9 heteroatoms. The summed E-state index contributed by atoms with van der Waals surface area (Å²) in [5, 5.41) is 3.27. The average Bonchev–Trinajstić information content (AvgIpc) is 2.92. The minimum atomic E-state index is -0.739. The number of carbonyl (C=O) groups is 2. The zero-order chi connectivity index (χ0) is 23.8. The summed E-state index contributed by atoms with van der Waals surface area (Å²) in [6.45, 7) is 7.61. The molecule has 2 amide bonds. The van der Waals surface area contributed by atoms with Crippen molar-refractivity contribution in [2.45, 2.75) is 46.3 Å². The molecular weight excluding hydrogens is 433 g/mol. The van der Waals surface area contributed by atoms with Gasteiger partial charge in [-0.15, -0.1) is 0 Å². The molecule has 32 heavy (non-hydrogen) atoms. The Morgan fingerprint density at radius 1 is 1.25 bits per heavy atom. The molecule has 3 rings (SSSR count). The number of fused-ring (bicyclic) bond motifs is 1. The van der Waals surface area contributed by atoms with Crippen molar-refractivity contribution >= 4 is 23.4 Å². The highest BCUT2D eigenvalue weighted by atomic mass is 35.5. The van der Waals surface area contributed by atoms with Gasteiger partial charge in [-0.05, 0) is 43.6 Å². The van der Waals surface area contributed by atoms with E-state index in [1.165, 1.54) is 23.1 Å². The molecule has 1 atom stereocenters. The van der Waals surface area contributed by atoms with E-state index in [9.17, 15) is 14.0 Å². The second kappa shape index (κ2) is 9.19. The van der Waals surface area contributed by atoms with Crippen molar-refractivity contribution in [3.8, 4) is 11.4 Å². The Labute approximate surface area is 193 Å². The third-order valence-electron chi connectivity index (χ3n) is 5.63. The van der Waals surface area contributed by atoms with Crippen molar-refractivity contribution in [1.29, 1.82) is 0 Å². The number of nitrogens with zero attached hydrogens (tertiary/aromatic N) is 4. The lowest BCUT2D eigenvalue weighted by Crippen LogP contribution is -2.53. The predicted molar refractivity (Wildman–Crippen MR) is 123 cm³/mol. The van der Waals surface area contributed by atoms with Crippen LogP contribution in [0.25, 0.3) is 11.4 Å². The summed E-state index contributed by atoms with van der Waals surface area (Å²) in [6.07, 6.45) is 0.833. The predicted octanol–water partition coefficient (Wildman–Crippen LogP) is 3.41. The van der Waals surface area contributed by atoms with Gasteiger partial charge in [0.05, 0.1) is 11.3 Å². The van der Waals surface area contributed by atoms with Crippen LogP contribution in [0.5, 0.6) is 0 Å². The van der Waals surface area contributed by atoms with Crippen molar-refractivity contribution < 1.29 is 14.0 Å². The summed E-state index contributed by atoms with van der Waals surface area (Å²) in [5.74, 6) is -0.740. The monoisotopic (exact) mass is 463 g/mol. The number of benzene rings is 1. The molecule has 0 aliphatic carbocycles. The number of imidazole rings is 1. The topological polar surface area (TPSA) is 70.5 Å². The van der Waals surface area contributed by atoms with Crippen LogP contribution in [-0.2, 0) is 17.9 Å². The highest BCUT2D eigenvalue weighted by Crippen LogP contribution is 2.30. The Bertz CT molecular complexity index is 1030. The lowest BCUT2D eigenvalue weighted by molar-refractivity contribution is -0.133. The number of likely N-dealkylation sites (N-methyl/N-ethyl adjacent to an activating group) is 1. The van der Waals surface area contributed by atoms with Gasteiger partial charge in [0.2, 0.25) is 5.91 Å². The van der Waals surface area contributed by atoms with Gasteiger partial charge in [-0.3, -0.25) is 9.59 Å². The number of amides is 2. The van der Waals surface area contributed by atoms with Gasteiger partial charge < -0.3 is 19.7 Å². The number of aromatic nitrogens is 2. The van der Waals surface area contributed by atoms with Crippen LogP contribution in [0.1, 0.15) is 43.4 Å².